The van der Waals surface area contributed by atoms with Crippen LogP contribution < -0.4 is 5.32 Å². The van der Waals surface area contributed by atoms with Crippen molar-refractivity contribution in [1.29, 1.82) is 0 Å². The molecule has 2 aliphatic rings. The zero-order valence-corrected chi connectivity index (χ0v) is 10.9. The third-order valence-corrected chi connectivity index (χ3v) is 4.46. The number of nitrogens with zero attached hydrogens (tertiary/aromatic N) is 2. The van der Waals surface area contributed by atoms with Crippen LogP contribution >= 0.6 is 0 Å². The second kappa shape index (κ2) is 5.02. The summed E-state index contributed by atoms with van der Waals surface area (Å²) >= 11 is 0. The average Bonchev–Trinajstić information content (AvgIpc) is 2.84. The summed E-state index contributed by atoms with van der Waals surface area (Å²) in [4.78, 5) is 0. The maximum absolute atomic E-state index is 9.24. The summed E-state index contributed by atoms with van der Waals surface area (Å²) in [6.45, 7) is 2.05. The van der Waals surface area contributed by atoms with E-state index in [-0.39, 0.29) is 5.41 Å². The molecule has 2 N–H and O–H groups in total. The van der Waals surface area contributed by atoms with E-state index in [2.05, 4.69) is 27.4 Å². The van der Waals surface area contributed by atoms with Gasteiger partial charge in [-0.15, -0.1) is 0 Å². The van der Waals surface area contributed by atoms with E-state index in [0.717, 1.165) is 31.6 Å². The Labute approximate surface area is 108 Å². The first-order valence-electron chi connectivity index (χ1n) is 7.17. The summed E-state index contributed by atoms with van der Waals surface area (Å²) in [7, 11) is 0. The van der Waals surface area contributed by atoms with Crippen LogP contribution in [0.15, 0.2) is 12.3 Å². The van der Waals surface area contributed by atoms with Crippen LogP contribution in [0.3, 0.4) is 0 Å². The van der Waals surface area contributed by atoms with Crippen LogP contribution in [0.1, 0.15) is 50.3 Å². The van der Waals surface area contributed by atoms with E-state index in [1.165, 1.54) is 25.7 Å². The fourth-order valence-electron chi connectivity index (χ4n) is 2.87. The summed E-state index contributed by atoms with van der Waals surface area (Å²) in [6.07, 6.45) is 9.69. The molecule has 0 aliphatic heterocycles. The zero-order chi connectivity index (χ0) is 12.4. The van der Waals surface area contributed by atoms with Crippen LogP contribution in [0.25, 0.3) is 0 Å². The van der Waals surface area contributed by atoms with Crippen molar-refractivity contribution in [2.45, 2.75) is 51.1 Å². The standard InChI is InChI=1S/C14H23N3O/c18-11-14(6-7-14)10-15-9-12-5-8-17(16-12)13-3-1-2-4-13/h5,8,13,15,18H,1-4,6-7,9-11H2. The number of aromatic nitrogens is 2. The highest BCUT2D eigenvalue weighted by Gasteiger charge is 2.41. The van der Waals surface area contributed by atoms with Gasteiger partial charge in [-0.1, -0.05) is 12.8 Å². The summed E-state index contributed by atoms with van der Waals surface area (Å²) in [5.74, 6) is 0. The Kier molecular flexibility index (Phi) is 3.39. The van der Waals surface area contributed by atoms with Crippen LogP contribution in [-0.4, -0.2) is 28.0 Å². The van der Waals surface area contributed by atoms with Crippen molar-refractivity contribution in [3.05, 3.63) is 18.0 Å². The minimum absolute atomic E-state index is 0.189. The molecule has 0 spiro atoms. The molecule has 0 aromatic carbocycles. The zero-order valence-electron chi connectivity index (χ0n) is 10.9. The molecule has 0 atom stereocenters. The molecule has 1 aromatic rings. The Morgan fingerprint density at radius 3 is 2.83 bits per heavy atom. The molecular formula is C14H23N3O. The first kappa shape index (κ1) is 12.2. The van der Waals surface area contributed by atoms with E-state index in [4.69, 9.17) is 0 Å². The smallest absolute Gasteiger partial charge is 0.0762 e. The van der Waals surface area contributed by atoms with Crippen molar-refractivity contribution in [1.82, 2.24) is 15.1 Å². The molecule has 0 radical (unpaired) electrons. The molecule has 0 amide bonds. The third kappa shape index (κ3) is 2.59. The fourth-order valence-corrected chi connectivity index (χ4v) is 2.87. The predicted octanol–water partition coefficient (Wildman–Crippen LogP) is 1.86. The monoisotopic (exact) mass is 249 g/mol. The van der Waals surface area contributed by atoms with Crippen molar-refractivity contribution in [3.8, 4) is 0 Å². The van der Waals surface area contributed by atoms with Crippen LogP contribution in [0.4, 0.5) is 0 Å². The van der Waals surface area contributed by atoms with Crippen LogP contribution in [0.5, 0.6) is 0 Å². The molecule has 2 saturated carbocycles. The normalized spacial score (nSPS) is 22.5. The van der Waals surface area contributed by atoms with Crippen LogP contribution in [0, 0.1) is 5.41 Å². The summed E-state index contributed by atoms with van der Waals surface area (Å²) in [5.41, 5.74) is 1.31. The highest BCUT2D eigenvalue weighted by Crippen LogP contribution is 2.44. The van der Waals surface area contributed by atoms with Gasteiger partial charge in [0.1, 0.15) is 0 Å². The lowest BCUT2D eigenvalue weighted by molar-refractivity contribution is 0.207. The van der Waals surface area contributed by atoms with Crippen LogP contribution in [0.2, 0.25) is 0 Å². The van der Waals surface area contributed by atoms with Gasteiger partial charge in [-0.2, -0.15) is 5.10 Å². The summed E-state index contributed by atoms with van der Waals surface area (Å²) < 4.78 is 2.14. The lowest BCUT2D eigenvalue weighted by Crippen LogP contribution is -2.26. The van der Waals surface area contributed by atoms with Gasteiger partial charge in [-0.05, 0) is 31.7 Å². The quantitative estimate of drug-likeness (QED) is 0.809. The number of hydrogen-bond acceptors (Lipinski definition) is 3. The largest absolute Gasteiger partial charge is 0.396 e. The van der Waals surface area contributed by atoms with Crippen molar-refractivity contribution >= 4 is 0 Å². The lowest BCUT2D eigenvalue weighted by atomic mass is 10.1. The summed E-state index contributed by atoms with van der Waals surface area (Å²) in [5, 5.41) is 17.3. The van der Waals surface area contributed by atoms with Crippen molar-refractivity contribution in [2.75, 3.05) is 13.2 Å². The van der Waals surface area contributed by atoms with Gasteiger partial charge in [0.05, 0.1) is 11.7 Å². The predicted molar refractivity (Wildman–Crippen MR) is 70.2 cm³/mol. The molecule has 3 rings (SSSR count). The molecule has 0 bridgehead atoms. The Hall–Kier alpha value is -0.870. The van der Waals surface area contributed by atoms with Gasteiger partial charge in [-0.3, -0.25) is 4.68 Å². The first-order valence-corrected chi connectivity index (χ1v) is 7.17. The lowest BCUT2D eigenvalue weighted by Gasteiger charge is -2.12. The van der Waals surface area contributed by atoms with Gasteiger partial charge in [0, 0.05) is 31.3 Å². The van der Waals surface area contributed by atoms with E-state index in [9.17, 15) is 5.11 Å². The molecule has 2 aliphatic carbocycles. The van der Waals surface area contributed by atoms with E-state index in [1.807, 2.05) is 0 Å². The second-order valence-corrected chi connectivity index (χ2v) is 5.99. The van der Waals surface area contributed by atoms with Gasteiger partial charge in [0.15, 0.2) is 0 Å². The van der Waals surface area contributed by atoms with E-state index < -0.39 is 0 Å². The SMILES string of the molecule is OCC1(CNCc2ccn(C3CCCC3)n2)CC1. The molecule has 1 heterocycles. The van der Waals surface area contributed by atoms with E-state index in [0.29, 0.717) is 12.6 Å². The third-order valence-electron chi connectivity index (χ3n) is 4.46. The number of aliphatic hydroxyl groups is 1. The number of rotatable bonds is 6. The van der Waals surface area contributed by atoms with Crippen molar-refractivity contribution < 1.29 is 5.11 Å². The molecule has 18 heavy (non-hydrogen) atoms. The van der Waals surface area contributed by atoms with Crippen LogP contribution in [-0.2, 0) is 6.54 Å². The van der Waals surface area contributed by atoms with Crippen molar-refractivity contribution in [2.24, 2.45) is 5.41 Å². The minimum Gasteiger partial charge on any atom is -0.396 e. The molecule has 1 aromatic heterocycles. The van der Waals surface area contributed by atoms with Gasteiger partial charge in [-0.25, -0.2) is 0 Å². The first-order chi connectivity index (χ1) is 8.81. The maximum atomic E-state index is 9.24. The Balaban J connectivity index is 1.48. The molecule has 0 saturated heterocycles. The number of nitrogens with one attached hydrogen (secondary N) is 1. The minimum atomic E-state index is 0.189. The highest BCUT2D eigenvalue weighted by atomic mass is 16.3. The number of aliphatic hydroxyl groups excluding tert-OH is 1. The van der Waals surface area contributed by atoms with Gasteiger partial charge < -0.3 is 10.4 Å². The molecule has 4 nitrogen and oxygen atoms in total. The van der Waals surface area contributed by atoms with Gasteiger partial charge in [0.2, 0.25) is 0 Å². The van der Waals surface area contributed by atoms with E-state index in [1.54, 1.807) is 0 Å². The highest BCUT2D eigenvalue weighted by molar-refractivity contribution is 5.01. The van der Waals surface area contributed by atoms with Gasteiger partial charge in [0.25, 0.3) is 0 Å². The molecule has 0 unspecified atom stereocenters. The molecule has 4 heteroatoms. The average molecular weight is 249 g/mol. The van der Waals surface area contributed by atoms with Gasteiger partial charge >= 0.3 is 0 Å². The second-order valence-electron chi connectivity index (χ2n) is 5.99. The Bertz CT molecular complexity index is 391. The van der Waals surface area contributed by atoms with E-state index >= 15 is 0 Å². The summed E-state index contributed by atoms with van der Waals surface area (Å²) in [6, 6.07) is 2.75. The maximum Gasteiger partial charge on any atom is 0.0762 e. The Morgan fingerprint density at radius 1 is 1.39 bits per heavy atom. The topological polar surface area (TPSA) is 50.1 Å². The molecule has 100 valence electrons. The fraction of sp³-hybridized carbons (Fsp3) is 0.786. The Morgan fingerprint density at radius 2 is 2.17 bits per heavy atom. The number of hydrogen-bond donors (Lipinski definition) is 2. The molecular weight excluding hydrogens is 226 g/mol. The van der Waals surface area contributed by atoms with Crippen molar-refractivity contribution in [3.63, 3.8) is 0 Å². The molecule has 2 fully saturated rings.